The van der Waals surface area contributed by atoms with Crippen LogP contribution in [-0.4, -0.2) is 34.2 Å². The minimum Gasteiger partial charge on any atom is -0.389 e. The van der Waals surface area contributed by atoms with E-state index < -0.39 is 5.60 Å². The number of likely N-dealkylation sites (N-methyl/N-ethyl adjacent to an activating group) is 1. The number of rotatable bonds is 4. The first kappa shape index (κ1) is 13.0. The van der Waals surface area contributed by atoms with Crippen LogP contribution in [0.25, 0.3) is 0 Å². The van der Waals surface area contributed by atoms with Crippen LogP contribution >= 0.6 is 15.9 Å². The molecule has 3 nitrogen and oxygen atoms in total. The van der Waals surface area contributed by atoms with Crippen molar-refractivity contribution in [3.05, 3.63) is 28.5 Å². The van der Waals surface area contributed by atoms with Gasteiger partial charge in [0.05, 0.1) is 11.3 Å². The summed E-state index contributed by atoms with van der Waals surface area (Å²) in [5, 5.41) is 10.3. The highest BCUT2D eigenvalue weighted by Gasteiger charge is 2.32. The van der Waals surface area contributed by atoms with Crippen LogP contribution in [0.4, 0.5) is 0 Å². The quantitative estimate of drug-likeness (QED) is 0.928. The van der Waals surface area contributed by atoms with E-state index in [-0.39, 0.29) is 0 Å². The zero-order valence-corrected chi connectivity index (χ0v) is 11.8. The van der Waals surface area contributed by atoms with Crippen LogP contribution in [0.5, 0.6) is 0 Å². The molecule has 0 atom stereocenters. The molecule has 0 unspecified atom stereocenters. The Kier molecular flexibility index (Phi) is 4.17. The molecular weight excluding hydrogens is 280 g/mol. The molecule has 0 saturated heterocycles. The SMILES string of the molecule is CN(Cc1ccc(Br)cn1)CC1(O)CCCC1. The van der Waals surface area contributed by atoms with Gasteiger partial charge >= 0.3 is 0 Å². The summed E-state index contributed by atoms with van der Waals surface area (Å²) in [6.07, 6.45) is 5.99. The van der Waals surface area contributed by atoms with E-state index in [0.29, 0.717) is 0 Å². The molecule has 17 heavy (non-hydrogen) atoms. The van der Waals surface area contributed by atoms with Gasteiger partial charge in [-0.3, -0.25) is 9.88 Å². The molecule has 0 aromatic carbocycles. The maximum atomic E-state index is 10.3. The van der Waals surface area contributed by atoms with Crippen LogP contribution in [0.2, 0.25) is 0 Å². The van der Waals surface area contributed by atoms with Gasteiger partial charge in [0, 0.05) is 23.8 Å². The van der Waals surface area contributed by atoms with E-state index in [1.54, 1.807) is 0 Å². The lowest BCUT2D eigenvalue weighted by Crippen LogP contribution is -2.38. The molecule has 0 amide bonds. The topological polar surface area (TPSA) is 36.4 Å². The van der Waals surface area contributed by atoms with Crippen molar-refractivity contribution < 1.29 is 5.11 Å². The van der Waals surface area contributed by atoms with Crippen molar-refractivity contribution in [1.29, 1.82) is 0 Å². The van der Waals surface area contributed by atoms with E-state index in [0.717, 1.165) is 48.9 Å². The van der Waals surface area contributed by atoms with Crippen LogP contribution in [0, 0.1) is 0 Å². The first-order valence-corrected chi connectivity index (χ1v) is 6.88. The standard InChI is InChI=1S/C13H19BrN2O/c1-16(10-13(17)6-2-3-7-13)9-12-5-4-11(14)8-15-12/h4-5,8,17H,2-3,6-7,9-10H2,1H3. The summed E-state index contributed by atoms with van der Waals surface area (Å²) in [5.74, 6) is 0. The van der Waals surface area contributed by atoms with Gasteiger partial charge in [-0.15, -0.1) is 0 Å². The number of halogens is 1. The maximum absolute atomic E-state index is 10.3. The number of hydrogen-bond acceptors (Lipinski definition) is 3. The second-order valence-corrected chi connectivity index (χ2v) is 5.99. The van der Waals surface area contributed by atoms with Crippen molar-refractivity contribution in [1.82, 2.24) is 9.88 Å². The summed E-state index contributed by atoms with van der Waals surface area (Å²) in [6, 6.07) is 4.01. The molecular formula is C13H19BrN2O. The first-order valence-electron chi connectivity index (χ1n) is 6.09. The average Bonchev–Trinajstić information content (AvgIpc) is 2.68. The van der Waals surface area contributed by atoms with Gasteiger partial charge in [0.15, 0.2) is 0 Å². The van der Waals surface area contributed by atoms with Gasteiger partial charge in [0.1, 0.15) is 0 Å². The normalized spacial score (nSPS) is 18.8. The van der Waals surface area contributed by atoms with Gasteiger partial charge < -0.3 is 5.11 Å². The molecule has 1 aromatic heterocycles. The van der Waals surface area contributed by atoms with Gasteiger partial charge in [-0.1, -0.05) is 12.8 Å². The van der Waals surface area contributed by atoms with Crippen LogP contribution in [-0.2, 0) is 6.54 Å². The molecule has 4 heteroatoms. The number of pyridine rings is 1. The Hall–Kier alpha value is -0.450. The zero-order chi connectivity index (χ0) is 12.3. The lowest BCUT2D eigenvalue weighted by molar-refractivity contribution is 0.0143. The molecule has 2 rings (SSSR count). The molecule has 1 N–H and O–H groups in total. The van der Waals surface area contributed by atoms with Crippen LogP contribution in [0.1, 0.15) is 31.4 Å². The van der Waals surface area contributed by atoms with E-state index in [2.05, 4.69) is 25.8 Å². The number of hydrogen-bond donors (Lipinski definition) is 1. The Balaban J connectivity index is 1.88. The Morgan fingerprint density at radius 2 is 2.12 bits per heavy atom. The summed E-state index contributed by atoms with van der Waals surface area (Å²) in [7, 11) is 2.04. The van der Waals surface area contributed by atoms with Crippen molar-refractivity contribution in [2.24, 2.45) is 0 Å². The Labute approximate surface area is 111 Å². The molecule has 94 valence electrons. The van der Waals surface area contributed by atoms with Gasteiger partial charge in [-0.2, -0.15) is 0 Å². The van der Waals surface area contributed by atoms with Gasteiger partial charge in [-0.05, 0) is 48.0 Å². The van der Waals surface area contributed by atoms with Crippen molar-refractivity contribution in [3.63, 3.8) is 0 Å². The largest absolute Gasteiger partial charge is 0.389 e. The number of aromatic nitrogens is 1. The predicted octanol–water partition coefficient (Wildman–Crippen LogP) is 2.58. The van der Waals surface area contributed by atoms with Crippen LogP contribution in [0.3, 0.4) is 0 Å². The van der Waals surface area contributed by atoms with E-state index >= 15 is 0 Å². The Morgan fingerprint density at radius 3 is 2.71 bits per heavy atom. The maximum Gasteiger partial charge on any atom is 0.0774 e. The smallest absolute Gasteiger partial charge is 0.0774 e. The number of aliphatic hydroxyl groups is 1. The predicted molar refractivity (Wildman–Crippen MR) is 71.7 cm³/mol. The summed E-state index contributed by atoms with van der Waals surface area (Å²) >= 11 is 3.38. The fourth-order valence-electron chi connectivity index (χ4n) is 2.53. The zero-order valence-electron chi connectivity index (χ0n) is 10.2. The van der Waals surface area contributed by atoms with Crippen LogP contribution < -0.4 is 0 Å². The molecule has 1 aromatic rings. The molecule has 1 aliphatic carbocycles. The van der Waals surface area contributed by atoms with Crippen molar-refractivity contribution >= 4 is 15.9 Å². The van der Waals surface area contributed by atoms with E-state index in [1.165, 1.54) is 0 Å². The highest BCUT2D eigenvalue weighted by molar-refractivity contribution is 9.10. The highest BCUT2D eigenvalue weighted by Crippen LogP contribution is 2.30. The third-order valence-electron chi connectivity index (χ3n) is 3.32. The summed E-state index contributed by atoms with van der Waals surface area (Å²) in [5.41, 5.74) is 0.571. The molecule has 1 saturated carbocycles. The second-order valence-electron chi connectivity index (χ2n) is 5.07. The lowest BCUT2D eigenvalue weighted by Gasteiger charge is -2.28. The molecule has 0 spiro atoms. The van der Waals surface area contributed by atoms with E-state index in [9.17, 15) is 5.11 Å². The highest BCUT2D eigenvalue weighted by atomic mass is 79.9. The summed E-state index contributed by atoms with van der Waals surface area (Å²) in [6.45, 7) is 1.53. The first-order chi connectivity index (χ1) is 8.07. The fourth-order valence-corrected chi connectivity index (χ4v) is 2.76. The Bertz CT molecular complexity index is 360. The summed E-state index contributed by atoms with van der Waals surface area (Å²) in [4.78, 5) is 6.50. The Morgan fingerprint density at radius 1 is 1.41 bits per heavy atom. The number of nitrogens with zero attached hydrogens (tertiary/aromatic N) is 2. The molecule has 1 aliphatic rings. The molecule has 1 heterocycles. The molecule has 1 fully saturated rings. The van der Waals surface area contributed by atoms with Crippen molar-refractivity contribution in [2.45, 2.75) is 37.8 Å². The molecule has 0 radical (unpaired) electrons. The minimum atomic E-state index is -0.468. The lowest BCUT2D eigenvalue weighted by atomic mass is 10.0. The summed E-state index contributed by atoms with van der Waals surface area (Å²) < 4.78 is 0.998. The van der Waals surface area contributed by atoms with Gasteiger partial charge in [0.25, 0.3) is 0 Å². The third-order valence-corrected chi connectivity index (χ3v) is 3.79. The van der Waals surface area contributed by atoms with Gasteiger partial charge in [0.2, 0.25) is 0 Å². The second kappa shape index (κ2) is 5.46. The molecule has 0 aliphatic heterocycles. The fraction of sp³-hybridized carbons (Fsp3) is 0.615. The monoisotopic (exact) mass is 298 g/mol. The van der Waals surface area contributed by atoms with Crippen molar-refractivity contribution in [3.8, 4) is 0 Å². The average molecular weight is 299 g/mol. The van der Waals surface area contributed by atoms with Crippen LogP contribution in [0.15, 0.2) is 22.8 Å². The third kappa shape index (κ3) is 3.76. The van der Waals surface area contributed by atoms with E-state index in [4.69, 9.17) is 0 Å². The van der Waals surface area contributed by atoms with Crippen molar-refractivity contribution in [2.75, 3.05) is 13.6 Å². The molecule has 0 bridgehead atoms. The van der Waals surface area contributed by atoms with E-state index in [1.807, 2.05) is 25.4 Å². The minimum absolute atomic E-state index is 0.468. The van der Waals surface area contributed by atoms with Gasteiger partial charge in [-0.25, -0.2) is 0 Å².